The van der Waals surface area contributed by atoms with Crippen LogP contribution >= 0.6 is 0 Å². The Morgan fingerprint density at radius 3 is 2.30 bits per heavy atom. The van der Waals surface area contributed by atoms with E-state index in [1.54, 1.807) is 5.57 Å². The van der Waals surface area contributed by atoms with Gasteiger partial charge in [-0.2, -0.15) is 0 Å². The molecule has 0 atom stereocenters. The van der Waals surface area contributed by atoms with E-state index in [2.05, 4.69) is 13.8 Å². The van der Waals surface area contributed by atoms with Crippen LogP contribution in [-0.2, 0) is 0 Å². The average molecular weight is 137 g/mol. The Balaban J connectivity index is 2.51. The van der Waals surface area contributed by atoms with Gasteiger partial charge in [-0.05, 0) is 39.5 Å². The molecular formula is C10H17. The largest absolute Gasteiger partial charge is 0.0741 e. The van der Waals surface area contributed by atoms with Gasteiger partial charge < -0.3 is 0 Å². The minimum absolute atomic E-state index is 1.24. The molecule has 0 aromatic carbocycles. The summed E-state index contributed by atoms with van der Waals surface area (Å²) < 4.78 is 0. The average Bonchev–Trinajstić information content (AvgIpc) is 1.92. The van der Waals surface area contributed by atoms with Gasteiger partial charge in [0.25, 0.3) is 0 Å². The molecule has 0 spiro atoms. The summed E-state index contributed by atoms with van der Waals surface area (Å²) in [6.07, 6.45) is 8.10. The van der Waals surface area contributed by atoms with E-state index in [1.165, 1.54) is 44.1 Å². The molecular weight excluding hydrogens is 120 g/mol. The molecule has 0 aromatic rings. The van der Waals surface area contributed by atoms with Crippen molar-refractivity contribution in [3.63, 3.8) is 0 Å². The monoisotopic (exact) mass is 137 g/mol. The Labute approximate surface area is 64.3 Å². The van der Waals surface area contributed by atoms with E-state index >= 15 is 0 Å². The fraction of sp³-hybridized carbons (Fsp3) is 0.700. The summed E-state index contributed by atoms with van der Waals surface area (Å²) in [5.41, 5.74) is 2.94. The van der Waals surface area contributed by atoms with Gasteiger partial charge in [0.2, 0.25) is 0 Å². The lowest BCUT2D eigenvalue weighted by Gasteiger charge is -2.11. The molecule has 0 amide bonds. The first-order valence-electron chi connectivity index (χ1n) is 4.31. The van der Waals surface area contributed by atoms with Crippen LogP contribution in [0.15, 0.2) is 11.1 Å². The van der Waals surface area contributed by atoms with Gasteiger partial charge in [-0.25, -0.2) is 0 Å². The molecule has 0 nitrogen and oxygen atoms in total. The zero-order chi connectivity index (χ0) is 7.40. The minimum atomic E-state index is 1.24. The highest BCUT2D eigenvalue weighted by atomic mass is 14.1. The van der Waals surface area contributed by atoms with Crippen molar-refractivity contribution in [2.75, 3.05) is 0 Å². The Morgan fingerprint density at radius 2 is 1.60 bits per heavy atom. The van der Waals surface area contributed by atoms with E-state index in [0.717, 1.165) is 0 Å². The van der Waals surface area contributed by atoms with Crippen LogP contribution in [0, 0.1) is 6.92 Å². The van der Waals surface area contributed by atoms with Gasteiger partial charge >= 0.3 is 0 Å². The van der Waals surface area contributed by atoms with Crippen LogP contribution in [0.5, 0.6) is 0 Å². The standard InChI is InChI=1S/C10H17/c1-9-7-5-3-4-6-8-10(9)2/h1,3-8H2,2H3. The molecule has 0 bridgehead atoms. The molecule has 0 aliphatic heterocycles. The molecule has 57 valence electrons. The van der Waals surface area contributed by atoms with Crippen LogP contribution in [-0.4, -0.2) is 0 Å². The lowest BCUT2D eigenvalue weighted by atomic mass is 9.95. The number of hydrogen-bond acceptors (Lipinski definition) is 0. The van der Waals surface area contributed by atoms with Crippen LogP contribution in [0.1, 0.15) is 45.4 Å². The lowest BCUT2D eigenvalue weighted by molar-refractivity contribution is 0.616. The summed E-state index contributed by atoms with van der Waals surface area (Å²) in [6.45, 7) is 6.29. The van der Waals surface area contributed by atoms with Crippen molar-refractivity contribution in [1.29, 1.82) is 0 Å². The third-order valence-corrected chi connectivity index (χ3v) is 2.38. The van der Waals surface area contributed by atoms with Gasteiger partial charge in [-0.1, -0.05) is 24.0 Å². The Kier molecular flexibility index (Phi) is 2.98. The van der Waals surface area contributed by atoms with Gasteiger partial charge in [-0.3, -0.25) is 0 Å². The quantitative estimate of drug-likeness (QED) is 0.479. The summed E-state index contributed by atoms with van der Waals surface area (Å²) in [4.78, 5) is 0. The smallest absolute Gasteiger partial charge is 0.0280 e. The van der Waals surface area contributed by atoms with Crippen LogP contribution in [0.25, 0.3) is 0 Å². The molecule has 1 aliphatic carbocycles. The lowest BCUT2D eigenvalue weighted by Crippen LogP contribution is -1.91. The van der Waals surface area contributed by atoms with Gasteiger partial charge in [0, 0.05) is 0 Å². The predicted molar refractivity (Wildman–Crippen MR) is 45.8 cm³/mol. The number of hydrogen-bond donors (Lipinski definition) is 0. The Hall–Kier alpha value is -0.260. The molecule has 1 aliphatic rings. The molecule has 0 heteroatoms. The van der Waals surface area contributed by atoms with E-state index in [1.807, 2.05) is 0 Å². The van der Waals surface area contributed by atoms with E-state index in [-0.39, 0.29) is 0 Å². The van der Waals surface area contributed by atoms with Crippen LogP contribution in [0.3, 0.4) is 0 Å². The number of rotatable bonds is 0. The van der Waals surface area contributed by atoms with Gasteiger partial charge in [0.05, 0.1) is 0 Å². The molecule has 1 radical (unpaired) electrons. The molecule has 0 fully saturated rings. The van der Waals surface area contributed by atoms with E-state index in [9.17, 15) is 0 Å². The number of allylic oxidation sites excluding steroid dienone is 2. The SMILES string of the molecule is [CH2]C1=C(C)CCCCCC1. The topological polar surface area (TPSA) is 0 Å². The fourth-order valence-corrected chi connectivity index (χ4v) is 1.47. The van der Waals surface area contributed by atoms with Crippen molar-refractivity contribution in [1.82, 2.24) is 0 Å². The van der Waals surface area contributed by atoms with Crippen LogP contribution in [0.2, 0.25) is 0 Å². The highest BCUT2D eigenvalue weighted by Gasteiger charge is 2.01. The zero-order valence-electron chi connectivity index (χ0n) is 6.95. The summed E-state index contributed by atoms with van der Waals surface area (Å²) in [6, 6.07) is 0. The van der Waals surface area contributed by atoms with Gasteiger partial charge in [0.15, 0.2) is 0 Å². The van der Waals surface area contributed by atoms with Crippen molar-refractivity contribution in [3.8, 4) is 0 Å². The highest BCUT2D eigenvalue weighted by Crippen LogP contribution is 2.21. The van der Waals surface area contributed by atoms with Crippen molar-refractivity contribution in [2.45, 2.75) is 45.4 Å². The first-order valence-corrected chi connectivity index (χ1v) is 4.31. The predicted octanol–water partition coefficient (Wildman–Crippen LogP) is 3.49. The molecule has 1 rings (SSSR count). The van der Waals surface area contributed by atoms with Crippen molar-refractivity contribution in [3.05, 3.63) is 18.1 Å². The van der Waals surface area contributed by atoms with E-state index in [4.69, 9.17) is 0 Å². The third kappa shape index (κ3) is 2.17. The minimum Gasteiger partial charge on any atom is -0.0741 e. The zero-order valence-corrected chi connectivity index (χ0v) is 6.95. The van der Waals surface area contributed by atoms with Crippen molar-refractivity contribution < 1.29 is 0 Å². The second kappa shape index (κ2) is 3.80. The Bertz CT molecular complexity index is 115. The maximum absolute atomic E-state index is 4.06. The van der Waals surface area contributed by atoms with E-state index < -0.39 is 0 Å². The second-order valence-corrected chi connectivity index (χ2v) is 3.30. The molecule has 0 saturated carbocycles. The first kappa shape index (κ1) is 7.84. The fourth-order valence-electron chi connectivity index (χ4n) is 1.47. The van der Waals surface area contributed by atoms with Crippen LogP contribution < -0.4 is 0 Å². The summed E-state index contributed by atoms with van der Waals surface area (Å²) in [7, 11) is 0. The summed E-state index contributed by atoms with van der Waals surface area (Å²) in [5.74, 6) is 0. The highest BCUT2D eigenvalue weighted by molar-refractivity contribution is 5.15. The molecule has 0 aromatic heterocycles. The van der Waals surface area contributed by atoms with Crippen molar-refractivity contribution >= 4 is 0 Å². The second-order valence-electron chi connectivity index (χ2n) is 3.30. The molecule has 0 saturated heterocycles. The summed E-state index contributed by atoms with van der Waals surface area (Å²) in [5, 5.41) is 0. The Morgan fingerprint density at radius 1 is 1.00 bits per heavy atom. The molecule has 0 unspecified atom stereocenters. The normalized spacial score (nSPS) is 22.2. The third-order valence-electron chi connectivity index (χ3n) is 2.38. The molecule has 10 heavy (non-hydrogen) atoms. The van der Waals surface area contributed by atoms with Crippen LogP contribution in [0.4, 0.5) is 0 Å². The van der Waals surface area contributed by atoms with E-state index in [0.29, 0.717) is 0 Å². The van der Waals surface area contributed by atoms with Gasteiger partial charge in [-0.15, -0.1) is 0 Å². The van der Waals surface area contributed by atoms with Gasteiger partial charge in [0.1, 0.15) is 0 Å². The van der Waals surface area contributed by atoms with Crippen molar-refractivity contribution in [2.24, 2.45) is 0 Å². The molecule has 0 N–H and O–H groups in total. The molecule has 0 heterocycles. The summed E-state index contributed by atoms with van der Waals surface area (Å²) >= 11 is 0. The maximum atomic E-state index is 4.06. The maximum Gasteiger partial charge on any atom is -0.0280 e. The first-order chi connectivity index (χ1) is 4.80.